The van der Waals surface area contributed by atoms with Crippen LogP contribution < -0.4 is 5.32 Å². The summed E-state index contributed by atoms with van der Waals surface area (Å²) < 4.78 is 10.6. The van der Waals surface area contributed by atoms with Crippen molar-refractivity contribution in [3.05, 3.63) is 24.2 Å². The first-order valence-corrected chi connectivity index (χ1v) is 5.43. The maximum atomic E-state index is 5.39. The van der Waals surface area contributed by atoms with Crippen LogP contribution in [-0.4, -0.2) is 19.8 Å². The molecule has 0 aliphatic carbocycles. The average Bonchev–Trinajstić information content (AvgIpc) is 2.69. The Morgan fingerprint density at radius 1 is 1.40 bits per heavy atom. The predicted molar refractivity (Wildman–Crippen MR) is 60.8 cm³/mol. The van der Waals surface area contributed by atoms with Gasteiger partial charge in [-0.1, -0.05) is 13.8 Å². The molecular weight excluding hydrogens is 190 g/mol. The molecule has 0 aliphatic rings. The van der Waals surface area contributed by atoms with Crippen molar-refractivity contribution in [3.63, 3.8) is 0 Å². The van der Waals surface area contributed by atoms with Crippen molar-refractivity contribution in [3.8, 4) is 0 Å². The van der Waals surface area contributed by atoms with Crippen LogP contribution in [0.3, 0.4) is 0 Å². The van der Waals surface area contributed by atoms with Crippen LogP contribution >= 0.6 is 0 Å². The van der Waals surface area contributed by atoms with Crippen molar-refractivity contribution in [1.29, 1.82) is 0 Å². The lowest BCUT2D eigenvalue weighted by atomic mass is 10.0. The largest absolute Gasteiger partial charge is 0.468 e. The van der Waals surface area contributed by atoms with E-state index in [1.807, 2.05) is 12.1 Å². The molecule has 1 heterocycles. The topological polar surface area (TPSA) is 34.4 Å². The molecule has 0 aromatic carbocycles. The Hall–Kier alpha value is -0.800. The molecule has 1 aromatic rings. The zero-order valence-electron chi connectivity index (χ0n) is 9.99. The monoisotopic (exact) mass is 211 g/mol. The van der Waals surface area contributed by atoms with Gasteiger partial charge in [0.25, 0.3) is 0 Å². The Balaban J connectivity index is 2.59. The molecule has 0 fully saturated rings. The van der Waals surface area contributed by atoms with Gasteiger partial charge in [0.1, 0.15) is 5.76 Å². The smallest absolute Gasteiger partial charge is 0.123 e. The van der Waals surface area contributed by atoms with E-state index < -0.39 is 0 Å². The van der Waals surface area contributed by atoms with Gasteiger partial charge < -0.3 is 14.5 Å². The quantitative estimate of drug-likeness (QED) is 0.785. The Morgan fingerprint density at radius 2 is 2.13 bits per heavy atom. The van der Waals surface area contributed by atoms with Crippen molar-refractivity contribution in [2.75, 3.05) is 13.7 Å². The van der Waals surface area contributed by atoms with Crippen LogP contribution in [0.4, 0.5) is 0 Å². The lowest BCUT2D eigenvalue weighted by Crippen LogP contribution is -2.36. The lowest BCUT2D eigenvalue weighted by molar-refractivity contribution is 0.147. The Morgan fingerprint density at radius 3 is 2.60 bits per heavy atom. The Labute approximate surface area is 91.8 Å². The number of hydrogen-bond acceptors (Lipinski definition) is 3. The second-order valence-corrected chi connectivity index (χ2v) is 4.22. The van der Waals surface area contributed by atoms with Gasteiger partial charge in [-0.25, -0.2) is 0 Å². The number of rotatable bonds is 6. The van der Waals surface area contributed by atoms with Gasteiger partial charge in [0, 0.05) is 13.2 Å². The van der Waals surface area contributed by atoms with Gasteiger partial charge in [0.05, 0.1) is 18.9 Å². The Bertz CT molecular complexity index is 257. The second kappa shape index (κ2) is 5.93. The van der Waals surface area contributed by atoms with E-state index in [0.717, 1.165) is 5.76 Å². The van der Waals surface area contributed by atoms with Gasteiger partial charge in [0.2, 0.25) is 0 Å². The number of hydrogen-bond donors (Lipinski definition) is 1. The molecule has 1 N–H and O–H groups in total. The molecule has 0 amide bonds. The third-order valence-electron chi connectivity index (χ3n) is 2.68. The zero-order chi connectivity index (χ0) is 11.3. The van der Waals surface area contributed by atoms with Crippen LogP contribution in [0.25, 0.3) is 0 Å². The molecule has 0 bridgehead atoms. The van der Waals surface area contributed by atoms with E-state index in [-0.39, 0.29) is 6.04 Å². The molecule has 0 saturated carbocycles. The fourth-order valence-corrected chi connectivity index (χ4v) is 1.38. The van der Waals surface area contributed by atoms with Crippen LogP contribution in [0.5, 0.6) is 0 Å². The molecular formula is C12H21NO2. The van der Waals surface area contributed by atoms with Crippen LogP contribution in [-0.2, 0) is 4.74 Å². The molecule has 0 radical (unpaired) electrons. The minimum absolute atomic E-state index is 0.141. The van der Waals surface area contributed by atoms with Gasteiger partial charge in [-0.05, 0) is 25.0 Å². The van der Waals surface area contributed by atoms with Crippen molar-refractivity contribution < 1.29 is 9.15 Å². The molecule has 3 nitrogen and oxygen atoms in total. The standard InChI is InChI=1S/C12H21NO2/c1-9(2)10(3)13-11(8-14-4)12-6-5-7-15-12/h5-7,9-11,13H,8H2,1-4H3. The van der Waals surface area contributed by atoms with E-state index in [1.165, 1.54) is 0 Å². The Kier molecular flexibility index (Phi) is 4.85. The van der Waals surface area contributed by atoms with Gasteiger partial charge >= 0.3 is 0 Å². The zero-order valence-corrected chi connectivity index (χ0v) is 9.99. The molecule has 2 atom stereocenters. The maximum absolute atomic E-state index is 5.39. The highest BCUT2D eigenvalue weighted by molar-refractivity contribution is 5.04. The summed E-state index contributed by atoms with van der Waals surface area (Å²) in [4.78, 5) is 0. The normalized spacial score (nSPS) is 15.5. The maximum Gasteiger partial charge on any atom is 0.123 e. The van der Waals surface area contributed by atoms with E-state index >= 15 is 0 Å². The summed E-state index contributed by atoms with van der Waals surface area (Å²) in [6.45, 7) is 7.20. The minimum atomic E-state index is 0.141. The van der Waals surface area contributed by atoms with E-state index in [4.69, 9.17) is 9.15 Å². The molecule has 0 saturated heterocycles. The van der Waals surface area contributed by atoms with E-state index in [9.17, 15) is 0 Å². The first kappa shape index (κ1) is 12.3. The summed E-state index contributed by atoms with van der Waals surface area (Å²) in [5.74, 6) is 1.53. The summed E-state index contributed by atoms with van der Waals surface area (Å²) in [5.41, 5.74) is 0. The number of ether oxygens (including phenoxy) is 1. The van der Waals surface area contributed by atoms with Crippen LogP contribution in [0.15, 0.2) is 22.8 Å². The minimum Gasteiger partial charge on any atom is -0.468 e. The van der Waals surface area contributed by atoms with Gasteiger partial charge in [-0.2, -0.15) is 0 Å². The molecule has 0 aliphatic heterocycles. The van der Waals surface area contributed by atoms with E-state index in [2.05, 4.69) is 26.1 Å². The molecule has 86 valence electrons. The van der Waals surface area contributed by atoms with Crippen LogP contribution in [0.1, 0.15) is 32.6 Å². The molecule has 0 spiro atoms. The molecule has 1 aromatic heterocycles. The lowest BCUT2D eigenvalue weighted by Gasteiger charge is -2.23. The molecule has 1 rings (SSSR count). The van der Waals surface area contributed by atoms with Crippen LogP contribution in [0, 0.1) is 5.92 Å². The third-order valence-corrected chi connectivity index (χ3v) is 2.68. The number of nitrogens with one attached hydrogen (secondary N) is 1. The number of methoxy groups -OCH3 is 1. The summed E-state index contributed by atoms with van der Waals surface area (Å²) in [6, 6.07) is 4.46. The first-order valence-electron chi connectivity index (χ1n) is 5.43. The fourth-order valence-electron chi connectivity index (χ4n) is 1.38. The van der Waals surface area contributed by atoms with E-state index in [1.54, 1.807) is 13.4 Å². The fraction of sp³-hybridized carbons (Fsp3) is 0.667. The van der Waals surface area contributed by atoms with Crippen molar-refractivity contribution >= 4 is 0 Å². The number of furan rings is 1. The molecule has 3 heteroatoms. The summed E-state index contributed by atoms with van der Waals surface area (Å²) in [7, 11) is 1.71. The van der Waals surface area contributed by atoms with Gasteiger partial charge in [-0.3, -0.25) is 0 Å². The van der Waals surface area contributed by atoms with Gasteiger partial charge in [-0.15, -0.1) is 0 Å². The van der Waals surface area contributed by atoms with E-state index in [0.29, 0.717) is 18.6 Å². The SMILES string of the molecule is COCC(NC(C)C(C)C)c1ccco1. The van der Waals surface area contributed by atoms with Crippen LogP contribution in [0.2, 0.25) is 0 Å². The molecule has 2 unspecified atom stereocenters. The highest BCUT2D eigenvalue weighted by Gasteiger charge is 2.18. The highest BCUT2D eigenvalue weighted by Crippen LogP contribution is 2.16. The second-order valence-electron chi connectivity index (χ2n) is 4.22. The third kappa shape index (κ3) is 3.68. The summed E-state index contributed by atoms with van der Waals surface area (Å²) >= 11 is 0. The predicted octanol–water partition coefficient (Wildman–Crippen LogP) is 2.60. The van der Waals surface area contributed by atoms with Crippen molar-refractivity contribution in [2.45, 2.75) is 32.9 Å². The van der Waals surface area contributed by atoms with Crippen molar-refractivity contribution in [2.24, 2.45) is 5.92 Å². The highest BCUT2D eigenvalue weighted by atomic mass is 16.5. The molecule has 15 heavy (non-hydrogen) atoms. The van der Waals surface area contributed by atoms with Crippen molar-refractivity contribution in [1.82, 2.24) is 5.32 Å². The summed E-state index contributed by atoms with van der Waals surface area (Å²) in [5, 5.41) is 3.50. The summed E-state index contributed by atoms with van der Waals surface area (Å²) in [6.07, 6.45) is 1.69. The van der Waals surface area contributed by atoms with Gasteiger partial charge in [0.15, 0.2) is 0 Å². The average molecular weight is 211 g/mol. The first-order chi connectivity index (χ1) is 7.15.